The second kappa shape index (κ2) is 6.75. The minimum Gasteiger partial charge on any atom is -0.497 e. The van der Waals surface area contributed by atoms with Crippen molar-refractivity contribution >= 4 is 22.8 Å². The number of methoxy groups -OCH3 is 1. The second-order valence-electron chi connectivity index (χ2n) is 4.38. The Morgan fingerprint density at radius 2 is 1.90 bits per heavy atom. The molecule has 0 saturated heterocycles. The number of hydrogen-bond acceptors (Lipinski definition) is 3. The van der Waals surface area contributed by atoms with E-state index in [9.17, 15) is 4.79 Å². The maximum atomic E-state index is 11.2. The van der Waals surface area contributed by atoms with Crippen LogP contribution in [-0.4, -0.2) is 19.7 Å². The maximum Gasteiger partial charge on any atom is 0.309 e. The zero-order valence-corrected chi connectivity index (χ0v) is 11.8. The van der Waals surface area contributed by atoms with Gasteiger partial charge < -0.3 is 9.47 Å². The Morgan fingerprint density at radius 3 is 2.65 bits per heavy atom. The molecule has 0 unspecified atom stereocenters. The van der Waals surface area contributed by atoms with Crippen LogP contribution in [0.2, 0.25) is 0 Å². The first-order valence-corrected chi connectivity index (χ1v) is 6.63. The summed E-state index contributed by atoms with van der Waals surface area (Å²) in [7, 11) is 1.66. The van der Waals surface area contributed by atoms with Crippen molar-refractivity contribution in [1.29, 1.82) is 0 Å². The molecule has 0 fully saturated rings. The lowest BCUT2D eigenvalue weighted by atomic mass is 10.1. The first kappa shape index (κ1) is 14.1. The molecule has 0 radical (unpaired) electrons. The SMILES string of the molecule is CCOC(=O)CC=Cc1ccc2cc(OC)ccc2c1. The van der Waals surface area contributed by atoms with Gasteiger partial charge in [0.1, 0.15) is 5.75 Å². The van der Waals surface area contributed by atoms with Gasteiger partial charge in [-0.2, -0.15) is 0 Å². The topological polar surface area (TPSA) is 35.5 Å². The molecule has 104 valence electrons. The van der Waals surface area contributed by atoms with Crippen LogP contribution in [0.5, 0.6) is 5.75 Å². The Kier molecular flexibility index (Phi) is 4.77. The molecule has 0 amide bonds. The van der Waals surface area contributed by atoms with Crippen LogP contribution in [0.4, 0.5) is 0 Å². The molecule has 0 aliphatic rings. The Bertz CT molecular complexity index is 629. The predicted octanol–water partition coefficient (Wildman–Crippen LogP) is 3.81. The highest BCUT2D eigenvalue weighted by Crippen LogP contribution is 2.22. The van der Waals surface area contributed by atoms with Crippen molar-refractivity contribution in [1.82, 2.24) is 0 Å². The molecule has 0 heterocycles. The summed E-state index contributed by atoms with van der Waals surface area (Å²) in [5.41, 5.74) is 1.06. The Morgan fingerprint density at radius 1 is 1.15 bits per heavy atom. The van der Waals surface area contributed by atoms with Gasteiger partial charge in [-0.25, -0.2) is 0 Å². The third kappa shape index (κ3) is 3.60. The molecular formula is C17H18O3. The average molecular weight is 270 g/mol. The molecule has 0 bridgehead atoms. The molecule has 0 aliphatic heterocycles. The predicted molar refractivity (Wildman–Crippen MR) is 80.8 cm³/mol. The zero-order chi connectivity index (χ0) is 14.4. The molecule has 0 aliphatic carbocycles. The fourth-order valence-corrected chi connectivity index (χ4v) is 1.98. The molecule has 0 saturated carbocycles. The molecule has 20 heavy (non-hydrogen) atoms. The van der Waals surface area contributed by atoms with Gasteiger partial charge in [-0.3, -0.25) is 4.79 Å². The van der Waals surface area contributed by atoms with Gasteiger partial charge in [0.05, 0.1) is 20.1 Å². The Labute approximate surface area is 118 Å². The summed E-state index contributed by atoms with van der Waals surface area (Å²) < 4.78 is 10.1. The number of carbonyl (C=O) groups excluding carboxylic acids is 1. The van der Waals surface area contributed by atoms with Crippen molar-refractivity contribution < 1.29 is 14.3 Å². The summed E-state index contributed by atoms with van der Waals surface area (Å²) >= 11 is 0. The van der Waals surface area contributed by atoms with Crippen molar-refractivity contribution in [3.8, 4) is 5.75 Å². The van der Waals surface area contributed by atoms with Gasteiger partial charge in [-0.15, -0.1) is 0 Å². The number of carbonyl (C=O) groups is 1. The zero-order valence-electron chi connectivity index (χ0n) is 11.8. The summed E-state index contributed by atoms with van der Waals surface area (Å²) in [5.74, 6) is 0.650. The van der Waals surface area contributed by atoms with E-state index in [1.165, 1.54) is 0 Å². The molecule has 2 aromatic carbocycles. The van der Waals surface area contributed by atoms with E-state index < -0.39 is 0 Å². The number of rotatable bonds is 5. The molecule has 2 aromatic rings. The molecule has 3 heteroatoms. The smallest absolute Gasteiger partial charge is 0.309 e. The third-order valence-corrected chi connectivity index (χ3v) is 2.97. The monoisotopic (exact) mass is 270 g/mol. The lowest BCUT2D eigenvalue weighted by Gasteiger charge is -2.03. The minimum atomic E-state index is -0.200. The molecule has 3 nitrogen and oxygen atoms in total. The maximum absolute atomic E-state index is 11.2. The summed E-state index contributed by atoms with van der Waals surface area (Å²) in [6, 6.07) is 12.1. The fourth-order valence-electron chi connectivity index (χ4n) is 1.98. The highest BCUT2D eigenvalue weighted by atomic mass is 16.5. The molecular weight excluding hydrogens is 252 g/mol. The van der Waals surface area contributed by atoms with Crippen LogP contribution in [0.1, 0.15) is 18.9 Å². The molecule has 0 aromatic heterocycles. The highest BCUT2D eigenvalue weighted by Gasteiger charge is 1.99. The number of esters is 1. The van der Waals surface area contributed by atoms with Crippen molar-refractivity contribution in [3.63, 3.8) is 0 Å². The van der Waals surface area contributed by atoms with E-state index in [4.69, 9.17) is 9.47 Å². The van der Waals surface area contributed by atoms with Crippen LogP contribution in [0, 0.1) is 0 Å². The summed E-state index contributed by atoms with van der Waals surface area (Å²) in [6.07, 6.45) is 4.05. The first-order chi connectivity index (χ1) is 9.72. The first-order valence-electron chi connectivity index (χ1n) is 6.63. The average Bonchev–Trinajstić information content (AvgIpc) is 2.47. The van der Waals surface area contributed by atoms with Crippen molar-refractivity contribution in [2.45, 2.75) is 13.3 Å². The van der Waals surface area contributed by atoms with Crippen molar-refractivity contribution in [3.05, 3.63) is 48.0 Å². The van der Waals surface area contributed by atoms with Crippen LogP contribution < -0.4 is 4.74 Å². The standard InChI is InChI=1S/C17H18O3/c1-3-20-17(18)6-4-5-13-7-8-15-12-16(19-2)10-9-14(15)11-13/h4-5,7-12H,3,6H2,1-2H3. The van der Waals surface area contributed by atoms with Gasteiger partial charge in [0.2, 0.25) is 0 Å². The Hall–Kier alpha value is -2.29. The fraction of sp³-hybridized carbons (Fsp3) is 0.235. The number of fused-ring (bicyclic) bond motifs is 1. The van der Waals surface area contributed by atoms with E-state index in [0.717, 1.165) is 22.1 Å². The quantitative estimate of drug-likeness (QED) is 0.775. The van der Waals surface area contributed by atoms with Crippen LogP contribution in [-0.2, 0) is 9.53 Å². The van der Waals surface area contributed by atoms with Gasteiger partial charge in [-0.05, 0) is 41.5 Å². The molecule has 0 N–H and O–H groups in total. The van der Waals surface area contributed by atoms with E-state index in [-0.39, 0.29) is 5.97 Å². The molecule has 0 spiro atoms. The normalized spacial score (nSPS) is 10.9. The summed E-state index contributed by atoms with van der Waals surface area (Å²) in [6.45, 7) is 2.23. The van der Waals surface area contributed by atoms with E-state index in [1.807, 2.05) is 42.5 Å². The third-order valence-electron chi connectivity index (χ3n) is 2.97. The lowest BCUT2D eigenvalue weighted by molar-refractivity contribution is -0.142. The van der Waals surface area contributed by atoms with Gasteiger partial charge in [-0.1, -0.05) is 30.4 Å². The summed E-state index contributed by atoms with van der Waals surface area (Å²) in [4.78, 5) is 11.2. The van der Waals surface area contributed by atoms with E-state index in [0.29, 0.717) is 13.0 Å². The molecule has 0 atom stereocenters. The van der Waals surface area contributed by atoms with Crippen LogP contribution in [0.3, 0.4) is 0 Å². The highest BCUT2D eigenvalue weighted by molar-refractivity contribution is 5.86. The van der Waals surface area contributed by atoms with E-state index in [2.05, 4.69) is 6.07 Å². The number of benzene rings is 2. The van der Waals surface area contributed by atoms with Crippen LogP contribution in [0.15, 0.2) is 42.5 Å². The van der Waals surface area contributed by atoms with E-state index in [1.54, 1.807) is 14.0 Å². The van der Waals surface area contributed by atoms with Gasteiger partial charge >= 0.3 is 5.97 Å². The largest absolute Gasteiger partial charge is 0.497 e. The van der Waals surface area contributed by atoms with Crippen LogP contribution in [0.25, 0.3) is 16.8 Å². The Balaban J connectivity index is 2.12. The minimum absolute atomic E-state index is 0.200. The van der Waals surface area contributed by atoms with E-state index >= 15 is 0 Å². The lowest BCUT2D eigenvalue weighted by Crippen LogP contribution is -2.01. The summed E-state index contributed by atoms with van der Waals surface area (Å²) in [5, 5.41) is 2.27. The van der Waals surface area contributed by atoms with Gasteiger partial charge in [0, 0.05) is 0 Å². The van der Waals surface area contributed by atoms with Crippen molar-refractivity contribution in [2.24, 2.45) is 0 Å². The van der Waals surface area contributed by atoms with Gasteiger partial charge in [0.15, 0.2) is 0 Å². The van der Waals surface area contributed by atoms with Gasteiger partial charge in [0.25, 0.3) is 0 Å². The number of ether oxygens (including phenoxy) is 2. The van der Waals surface area contributed by atoms with Crippen LogP contribution >= 0.6 is 0 Å². The second-order valence-corrected chi connectivity index (χ2v) is 4.38. The van der Waals surface area contributed by atoms with Crippen molar-refractivity contribution in [2.75, 3.05) is 13.7 Å². The number of hydrogen-bond donors (Lipinski definition) is 0. The molecule has 2 rings (SSSR count).